The van der Waals surface area contributed by atoms with E-state index in [2.05, 4.69) is 6.07 Å². The van der Waals surface area contributed by atoms with Crippen LogP contribution in [0.4, 0.5) is 0 Å². The van der Waals surface area contributed by atoms with E-state index < -0.39 is 35.0 Å². The molecule has 3 atom stereocenters. The third kappa shape index (κ3) is 4.06. The maximum Gasteiger partial charge on any atom is 0.334 e. The predicted molar refractivity (Wildman–Crippen MR) is 117 cm³/mol. The van der Waals surface area contributed by atoms with E-state index in [9.17, 15) is 19.6 Å². The van der Waals surface area contributed by atoms with Crippen LogP contribution in [0.3, 0.4) is 0 Å². The number of rotatable bonds is 7. The van der Waals surface area contributed by atoms with Gasteiger partial charge in [-0.15, -0.1) is 0 Å². The number of Topliss-reactive ketones (excluding diaryl/α,β-unsaturated/α-hetero) is 1. The van der Waals surface area contributed by atoms with Gasteiger partial charge in [-0.25, -0.2) is 4.79 Å². The summed E-state index contributed by atoms with van der Waals surface area (Å²) in [6.45, 7) is 3.43. The Morgan fingerprint density at radius 3 is 2.12 bits per heavy atom. The fraction of sp³-hybridized carbons (Fsp3) is 0.308. The third-order valence-electron chi connectivity index (χ3n) is 5.72. The van der Waals surface area contributed by atoms with E-state index in [1.165, 1.54) is 0 Å². The van der Waals surface area contributed by atoms with E-state index in [1.54, 1.807) is 50.3 Å². The summed E-state index contributed by atoms with van der Waals surface area (Å²) in [5, 5.41) is 10.6. The van der Waals surface area contributed by atoms with Crippen LogP contribution in [0.15, 0.2) is 72.3 Å². The Balaban J connectivity index is 2.30. The monoisotopic (exact) mass is 431 g/mol. The van der Waals surface area contributed by atoms with Crippen LogP contribution in [0.2, 0.25) is 0 Å². The van der Waals surface area contributed by atoms with Gasteiger partial charge in [0.15, 0.2) is 5.78 Å². The van der Waals surface area contributed by atoms with Crippen molar-refractivity contribution in [2.24, 2.45) is 11.3 Å². The Kier molecular flexibility index (Phi) is 7.21. The van der Waals surface area contributed by atoms with Crippen LogP contribution in [-0.4, -0.2) is 30.9 Å². The molecule has 2 aromatic rings. The summed E-state index contributed by atoms with van der Waals surface area (Å²) in [7, 11) is 0. The number of allylic oxidation sites excluding steroid dienone is 1. The number of benzene rings is 2. The molecule has 6 nitrogen and oxygen atoms in total. The average molecular weight is 431 g/mol. The second kappa shape index (κ2) is 10.1. The van der Waals surface area contributed by atoms with Crippen molar-refractivity contribution < 1.29 is 23.9 Å². The Hall–Kier alpha value is -3.72. The number of hydrogen-bond donors (Lipinski definition) is 0. The molecule has 3 rings (SSSR count). The van der Waals surface area contributed by atoms with E-state index in [0.717, 1.165) is 5.56 Å². The lowest BCUT2D eigenvalue weighted by molar-refractivity contribution is -0.153. The molecule has 0 aliphatic heterocycles. The Morgan fingerprint density at radius 2 is 1.56 bits per heavy atom. The van der Waals surface area contributed by atoms with Crippen molar-refractivity contribution in [2.75, 3.05) is 13.2 Å². The summed E-state index contributed by atoms with van der Waals surface area (Å²) in [5.41, 5.74) is -0.879. The molecule has 0 unspecified atom stereocenters. The second-order valence-corrected chi connectivity index (χ2v) is 7.44. The molecule has 0 aromatic heterocycles. The van der Waals surface area contributed by atoms with Gasteiger partial charge in [0.1, 0.15) is 11.3 Å². The summed E-state index contributed by atoms with van der Waals surface area (Å²) in [6, 6.07) is 19.6. The maximum absolute atomic E-state index is 14.0. The van der Waals surface area contributed by atoms with Crippen LogP contribution in [0.1, 0.15) is 42.1 Å². The highest BCUT2D eigenvalue weighted by Gasteiger charge is 2.60. The summed E-state index contributed by atoms with van der Waals surface area (Å²) in [6.07, 6.45) is 1.82. The summed E-state index contributed by atoms with van der Waals surface area (Å²) in [5.74, 6) is -4.12. The van der Waals surface area contributed by atoms with E-state index >= 15 is 0 Å². The number of carbonyl (C=O) groups excluding carboxylic acids is 3. The lowest BCUT2D eigenvalue weighted by atomic mass is 9.56. The number of nitriles is 1. The Labute approximate surface area is 187 Å². The summed E-state index contributed by atoms with van der Waals surface area (Å²) < 4.78 is 10.4. The Bertz CT molecular complexity index is 1050. The zero-order valence-corrected chi connectivity index (χ0v) is 18.1. The minimum Gasteiger partial charge on any atom is -0.465 e. The van der Waals surface area contributed by atoms with Gasteiger partial charge in [0.05, 0.1) is 19.3 Å². The first-order valence-electron chi connectivity index (χ1n) is 10.6. The number of hydrogen-bond acceptors (Lipinski definition) is 6. The molecule has 164 valence electrons. The quantitative estimate of drug-likeness (QED) is 0.481. The molecule has 1 aliphatic carbocycles. The van der Waals surface area contributed by atoms with Crippen molar-refractivity contribution in [1.82, 2.24) is 0 Å². The fourth-order valence-corrected chi connectivity index (χ4v) is 4.34. The molecule has 32 heavy (non-hydrogen) atoms. The normalized spacial score (nSPS) is 22.2. The molecular weight excluding hydrogens is 406 g/mol. The molecule has 0 amide bonds. The molecule has 0 fully saturated rings. The van der Waals surface area contributed by atoms with E-state index in [4.69, 9.17) is 9.47 Å². The first kappa shape index (κ1) is 23.0. The number of nitrogens with zero attached hydrogens (tertiary/aromatic N) is 1. The molecule has 0 N–H and O–H groups in total. The highest BCUT2D eigenvalue weighted by Crippen LogP contribution is 2.53. The lowest BCUT2D eigenvalue weighted by Gasteiger charge is -2.42. The van der Waals surface area contributed by atoms with Gasteiger partial charge in [0.25, 0.3) is 0 Å². The maximum atomic E-state index is 14.0. The van der Waals surface area contributed by atoms with Crippen LogP contribution in [0.25, 0.3) is 0 Å². The van der Waals surface area contributed by atoms with Gasteiger partial charge in [-0.2, -0.15) is 5.26 Å². The number of esters is 2. The third-order valence-corrected chi connectivity index (χ3v) is 5.72. The molecule has 1 aliphatic rings. The Morgan fingerprint density at radius 1 is 0.969 bits per heavy atom. The number of ether oxygens (including phenoxy) is 2. The molecule has 0 saturated heterocycles. The van der Waals surface area contributed by atoms with Gasteiger partial charge < -0.3 is 9.47 Å². The van der Waals surface area contributed by atoms with Gasteiger partial charge in [-0.05, 0) is 25.8 Å². The topological polar surface area (TPSA) is 93.5 Å². The van der Waals surface area contributed by atoms with Gasteiger partial charge in [0, 0.05) is 17.1 Å². The zero-order chi connectivity index (χ0) is 23.1. The van der Waals surface area contributed by atoms with Crippen LogP contribution in [0, 0.1) is 22.7 Å². The van der Waals surface area contributed by atoms with Crippen molar-refractivity contribution in [3.63, 3.8) is 0 Å². The minimum absolute atomic E-state index is 0.0108. The summed E-state index contributed by atoms with van der Waals surface area (Å²) in [4.78, 5) is 40.0. The number of ketones is 1. The zero-order valence-electron chi connectivity index (χ0n) is 18.1. The van der Waals surface area contributed by atoms with Crippen molar-refractivity contribution in [2.45, 2.75) is 26.2 Å². The van der Waals surface area contributed by atoms with Crippen LogP contribution < -0.4 is 0 Å². The van der Waals surface area contributed by atoms with Gasteiger partial charge >= 0.3 is 11.9 Å². The first-order chi connectivity index (χ1) is 15.5. The summed E-state index contributed by atoms with van der Waals surface area (Å²) >= 11 is 0. The molecule has 0 radical (unpaired) electrons. The standard InChI is InChI=1S/C26H25NO5/c1-3-31-24(29)20-15-16-21(18-11-7-5-8-12-18)26(17-27,22(20)25(30)32-4-2)23(28)19-13-9-6-10-14-19/h5-15,21-22H,3-4,16H2,1-2H3/t21-,22+,26-/m1/s1. The van der Waals surface area contributed by atoms with Crippen LogP contribution in [0.5, 0.6) is 0 Å². The van der Waals surface area contributed by atoms with E-state index in [1.807, 2.05) is 30.3 Å². The SMILES string of the molecule is CCOC(=O)C1=CC[C@H](c2ccccc2)[C@@](C#N)(C(=O)c2ccccc2)[C@@H]1C(=O)OCC. The van der Waals surface area contributed by atoms with Crippen molar-refractivity contribution in [3.8, 4) is 6.07 Å². The van der Waals surface area contributed by atoms with E-state index in [-0.39, 0.29) is 30.8 Å². The van der Waals surface area contributed by atoms with Crippen molar-refractivity contribution in [3.05, 3.63) is 83.4 Å². The van der Waals surface area contributed by atoms with Gasteiger partial charge in [0.2, 0.25) is 0 Å². The lowest BCUT2D eigenvalue weighted by Crippen LogP contribution is -2.50. The molecular formula is C26H25NO5. The second-order valence-electron chi connectivity index (χ2n) is 7.44. The average Bonchev–Trinajstić information content (AvgIpc) is 2.83. The van der Waals surface area contributed by atoms with Gasteiger partial charge in [-0.1, -0.05) is 66.7 Å². The minimum atomic E-state index is -1.88. The smallest absolute Gasteiger partial charge is 0.334 e. The molecule has 6 heteroatoms. The van der Waals surface area contributed by atoms with Crippen molar-refractivity contribution >= 4 is 17.7 Å². The van der Waals surface area contributed by atoms with E-state index in [0.29, 0.717) is 0 Å². The largest absolute Gasteiger partial charge is 0.465 e. The number of carbonyl (C=O) groups is 3. The van der Waals surface area contributed by atoms with Gasteiger partial charge in [-0.3, -0.25) is 9.59 Å². The molecule has 0 bridgehead atoms. The highest BCUT2D eigenvalue weighted by molar-refractivity contribution is 6.09. The first-order valence-corrected chi connectivity index (χ1v) is 10.6. The van der Waals surface area contributed by atoms with Crippen LogP contribution >= 0.6 is 0 Å². The van der Waals surface area contributed by atoms with Crippen LogP contribution in [-0.2, 0) is 19.1 Å². The molecule has 2 aromatic carbocycles. The molecule has 0 heterocycles. The molecule has 0 spiro atoms. The predicted octanol–water partition coefficient (Wildman–Crippen LogP) is 4.24. The fourth-order valence-electron chi connectivity index (χ4n) is 4.34. The van der Waals surface area contributed by atoms with Crippen molar-refractivity contribution in [1.29, 1.82) is 5.26 Å². The molecule has 0 saturated carbocycles. The highest BCUT2D eigenvalue weighted by atomic mass is 16.5.